The third kappa shape index (κ3) is 3.15. The Bertz CT molecular complexity index is 737. The van der Waals surface area contributed by atoms with Gasteiger partial charge in [-0.15, -0.1) is 0 Å². The lowest BCUT2D eigenvalue weighted by atomic mass is 10.1. The molecule has 1 aliphatic heterocycles. The SMILES string of the molecule is CCC1(CC)Oc2ccc(NC(=O)NCc3ccnn3C)cc2O1. The number of amides is 2. The second-order valence-electron chi connectivity index (χ2n) is 5.74. The summed E-state index contributed by atoms with van der Waals surface area (Å²) in [7, 11) is 1.83. The minimum absolute atomic E-state index is 0.285. The van der Waals surface area contributed by atoms with Gasteiger partial charge in [-0.25, -0.2) is 4.79 Å². The molecule has 2 N–H and O–H groups in total. The fourth-order valence-electron chi connectivity index (χ4n) is 2.63. The van der Waals surface area contributed by atoms with Crippen LogP contribution in [0.2, 0.25) is 0 Å². The number of ether oxygens (including phenoxy) is 2. The van der Waals surface area contributed by atoms with Crippen LogP contribution in [0.25, 0.3) is 0 Å². The molecule has 2 amide bonds. The summed E-state index contributed by atoms with van der Waals surface area (Å²) in [4.78, 5) is 12.0. The molecule has 7 heteroatoms. The highest BCUT2D eigenvalue weighted by Crippen LogP contribution is 2.43. The molecule has 0 saturated carbocycles. The van der Waals surface area contributed by atoms with Gasteiger partial charge >= 0.3 is 6.03 Å². The van der Waals surface area contributed by atoms with Crippen molar-refractivity contribution in [2.75, 3.05) is 5.32 Å². The van der Waals surface area contributed by atoms with E-state index in [1.54, 1.807) is 23.0 Å². The number of aromatic nitrogens is 2. The van der Waals surface area contributed by atoms with Gasteiger partial charge in [0.15, 0.2) is 11.5 Å². The molecule has 2 heterocycles. The zero-order valence-electron chi connectivity index (χ0n) is 14.1. The molecule has 7 nitrogen and oxygen atoms in total. The van der Waals surface area contributed by atoms with Gasteiger partial charge in [-0.1, -0.05) is 13.8 Å². The second-order valence-corrected chi connectivity index (χ2v) is 5.74. The topological polar surface area (TPSA) is 77.4 Å². The van der Waals surface area contributed by atoms with Crippen LogP contribution in [0.5, 0.6) is 11.5 Å². The van der Waals surface area contributed by atoms with Crippen LogP contribution in [0.15, 0.2) is 30.5 Å². The zero-order valence-corrected chi connectivity index (χ0v) is 14.1. The van der Waals surface area contributed by atoms with Crippen molar-refractivity contribution >= 4 is 11.7 Å². The Morgan fingerprint density at radius 3 is 2.62 bits per heavy atom. The predicted molar refractivity (Wildman–Crippen MR) is 90.1 cm³/mol. The summed E-state index contributed by atoms with van der Waals surface area (Å²) in [5.74, 6) is 0.769. The summed E-state index contributed by atoms with van der Waals surface area (Å²) in [6.45, 7) is 4.46. The highest BCUT2D eigenvalue weighted by Gasteiger charge is 2.38. The molecule has 1 aromatic carbocycles. The first-order valence-corrected chi connectivity index (χ1v) is 8.09. The van der Waals surface area contributed by atoms with Crippen LogP contribution in [0, 0.1) is 0 Å². The monoisotopic (exact) mass is 330 g/mol. The second kappa shape index (κ2) is 6.43. The van der Waals surface area contributed by atoms with E-state index in [2.05, 4.69) is 15.7 Å². The molecule has 24 heavy (non-hydrogen) atoms. The maximum Gasteiger partial charge on any atom is 0.319 e. The number of hydrogen-bond donors (Lipinski definition) is 2. The number of urea groups is 1. The highest BCUT2D eigenvalue weighted by molar-refractivity contribution is 5.89. The van der Waals surface area contributed by atoms with Gasteiger partial charge in [0.05, 0.1) is 12.2 Å². The quantitative estimate of drug-likeness (QED) is 0.883. The smallest absolute Gasteiger partial charge is 0.319 e. The summed E-state index contributed by atoms with van der Waals surface area (Å²) < 4.78 is 13.6. The van der Waals surface area contributed by atoms with Crippen molar-refractivity contribution in [3.05, 3.63) is 36.2 Å². The number of carbonyl (C=O) groups is 1. The third-order valence-corrected chi connectivity index (χ3v) is 4.22. The Balaban J connectivity index is 1.61. The van der Waals surface area contributed by atoms with Crippen molar-refractivity contribution in [3.8, 4) is 11.5 Å². The van der Waals surface area contributed by atoms with E-state index in [4.69, 9.17) is 9.47 Å². The van der Waals surface area contributed by atoms with E-state index in [-0.39, 0.29) is 6.03 Å². The first-order chi connectivity index (χ1) is 11.5. The summed E-state index contributed by atoms with van der Waals surface area (Å²) in [5.41, 5.74) is 1.58. The molecular weight excluding hydrogens is 308 g/mol. The fourth-order valence-corrected chi connectivity index (χ4v) is 2.63. The number of nitrogens with zero attached hydrogens (tertiary/aromatic N) is 2. The molecule has 3 rings (SSSR count). The van der Waals surface area contributed by atoms with E-state index in [9.17, 15) is 4.79 Å². The van der Waals surface area contributed by atoms with E-state index in [1.807, 2.05) is 33.0 Å². The maximum atomic E-state index is 12.0. The molecule has 0 unspecified atom stereocenters. The molecule has 0 saturated heterocycles. The average Bonchev–Trinajstić information content (AvgIpc) is 3.16. The minimum atomic E-state index is -0.594. The van der Waals surface area contributed by atoms with E-state index < -0.39 is 5.79 Å². The maximum absolute atomic E-state index is 12.0. The standard InChI is InChI=1S/C17H22N4O3/c1-4-17(5-2)23-14-7-6-12(10-15(14)24-17)20-16(22)18-11-13-8-9-19-21(13)3/h6-10H,4-5,11H2,1-3H3,(H2,18,20,22). The molecular formula is C17H22N4O3. The van der Waals surface area contributed by atoms with Crippen molar-refractivity contribution in [1.29, 1.82) is 0 Å². The lowest BCUT2D eigenvalue weighted by Gasteiger charge is -2.24. The average molecular weight is 330 g/mol. The van der Waals surface area contributed by atoms with E-state index in [0.717, 1.165) is 18.5 Å². The molecule has 0 spiro atoms. The van der Waals surface area contributed by atoms with Gasteiger partial charge in [0.2, 0.25) is 0 Å². The predicted octanol–water partition coefficient (Wildman–Crippen LogP) is 3.03. The van der Waals surface area contributed by atoms with Crippen molar-refractivity contribution in [3.63, 3.8) is 0 Å². The number of anilines is 1. The van der Waals surface area contributed by atoms with Crippen LogP contribution in [0.1, 0.15) is 32.4 Å². The van der Waals surface area contributed by atoms with Crippen LogP contribution < -0.4 is 20.1 Å². The summed E-state index contributed by atoms with van der Waals surface area (Å²) in [5, 5.41) is 9.66. The molecule has 0 bridgehead atoms. The van der Waals surface area contributed by atoms with Crippen molar-refractivity contribution < 1.29 is 14.3 Å². The molecule has 1 aliphatic rings. The molecule has 0 fully saturated rings. The van der Waals surface area contributed by atoms with Crippen molar-refractivity contribution in [2.24, 2.45) is 7.05 Å². The zero-order chi connectivity index (χ0) is 17.2. The Morgan fingerprint density at radius 2 is 1.96 bits per heavy atom. The number of carbonyl (C=O) groups excluding carboxylic acids is 1. The van der Waals surface area contributed by atoms with Gasteiger partial charge < -0.3 is 20.1 Å². The largest absolute Gasteiger partial charge is 0.448 e. The number of hydrogen-bond acceptors (Lipinski definition) is 4. The number of rotatable bonds is 5. The molecule has 128 valence electrons. The van der Waals surface area contributed by atoms with Crippen LogP contribution in [-0.2, 0) is 13.6 Å². The number of aryl methyl sites for hydroxylation is 1. The Hall–Kier alpha value is -2.70. The Labute approximate surface area is 140 Å². The van der Waals surface area contributed by atoms with Crippen LogP contribution in [0.4, 0.5) is 10.5 Å². The number of nitrogens with one attached hydrogen (secondary N) is 2. The van der Waals surface area contributed by atoms with Crippen LogP contribution >= 0.6 is 0 Å². The van der Waals surface area contributed by atoms with Gasteiger partial charge in [0, 0.05) is 37.8 Å². The van der Waals surface area contributed by atoms with Crippen molar-refractivity contribution in [1.82, 2.24) is 15.1 Å². The number of fused-ring (bicyclic) bond motifs is 1. The van der Waals surface area contributed by atoms with Crippen molar-refractivity contribution in [2.45, 2.75) is 39.0 Å². The third-order valence-electron chi connectivity index (χ3n) is 4.22. The summed E-state index contributed by atoms with van der Waals surface area (Å²) >= 11 is 0. The summed E-state index contributed by atoms with van der Waals surface area (Å²) in [6, 6.07) is 6.97. The van der Waals surface area contributed by atoms with Gasteiger partial charge in [0.25, 0.3) is 5.79 Å². The molecule has 0 aliphatic carbocycles. The Morgan fingerprint density at radius 1 is 1.21 bits per heavy atom. The fraction of sp³-hybridized carbons (Fsp3) is 0.412. The van der Waals surface area contributed by atoms with Crippen LogP contribution in [-0.4, -0.2) is 21.6 Å². The normalized spacial score (nSPS) is 14.5. The molecule has 2 aromatic rings. The minimum Gasteiger partial charge on any atom is -0.448 e. The highest BCUT2D eigenvalue weighted by atomic mass is 16.7. The molecule has 0 radical (unpaired) electrons. The molecule has 0 atom stereocenters. The Kier molecular flexibility index (Phi) is 4.33. The first-order valence-electron chi connectivity index (χ1n) is 8.09. The first kappa shape index (κ1) is 16.2. The van der Waals surface area contributed by atoms with E-state index in [0.29, 0.717) is 23.7 Å². The van der Waals surface area contributed by atoms with E-state index in [1.165, 1.54) is 0 Å². The van der Waals surface area contributed by atoms with Gasteiger partial charge in [-0.05, 0) is 18.2 Å². The van der Waals surface area contributed by atoms with Crippen LogP contribution in [0.3, 0.4) is 0 Å². The van der Waals surface area contributed by atoms with E-state index >= 15 is 0 Å². The molecule has 1 aromatic heterocycles. The number of benzene rings is 1. The lowest BCUT2D eigenvalue weighted by Crippen LogP contribution is -2.36. The van der Waals surface area contributed by atoms with Gasteiger partial charge in [-0.3, -0.25) is 4.68 Å². The van der Waals surface area contributed by atoms with Gasteiger partial charge in [0.1, 0.15) is 0 Å². The summed E-state index contributed by atoms with van der Waals surface area (Å²) in [6.07, 6.45) is 3.21. The van der Waals surface area contributed by atoms with Gasteiger partial charge in [-0.2, -0.15) is 5.10 Å². The lowest BCUT2D eigenvalue weighted by molar-refractivity contribution is -0.0843.